The molecule has 0 saturated heterocycles. The van der Waals surface area contributed by atoms with Crippen molar-refractivity contribution in [2.75, 3.05) is 39.6 Å². The lowest BCUT2D eigenvalue weighted by Gasteiger charge is -2.21. The van der Waals surface area contributed by atoms with Gasteiger partial charge in [0.15, 0.2) is 12.2 Å². The Morgan fingerprint density at radius 1 is 0.276 bits per heavy atom. The second-order valence-corrected chi connectivity index (χ2v) is 32.3. The lowest BCUT2D eigenvalue weighted by molar-refractivity contribution is -0.161. The first kappa shape index (κ1) is 96.1. The Labute approximate surface area is 600 Å². The summed E-state index contributed by atoms with van der Waals surface area (Å²) in [6.07, 6.45) is 59.7. The molecule has 17 nitrogen and oxygen atoms in total. The Bertz CT molecular complexity index is 1890. The molecule has 0 spiro atoms. The molecular formula is C79H154O17P2. The van der Waals surface area contributed by atoms with Crippen LogP contribution in [0.4, 0.5) is 0 Å². The molecule has 0 amide bonds. The molecule has 0 saturated carbocycles. The largest absolute Gasteiger partial charge is 0.472 e. The van der Waals surface area contributed by atoms with E-state index in [9.17, 15) is 43.2 Å². The van der Waals surface area contributed by atoms with Gasteiger partial charge in [-0.3, -0.25) is 37.3 Å². The molecule has 5 atom stereocenters. The second kappa shape index (κ2) is 70.7. The maximum atomic E-state index is 13.1. The van der Waals surface area contributed by atoms with E-state index in [1.165, 1.54) is 225 Å². The fraction of sp³-hybridized carbons (Fsp3) is 0.949. The van der Waals surface area contributed by atoms with Crippen LogP contribution in [0.25, 0.3) is 0 Å². The highest BCUT2D eigenvalue weighted by Gasteiger charge is 2.30. The van der Waals surface area contributed by atoms with Crippen molar-refractivity contribution < 1.29 is 80.2 Å². The SMILES string of the molecule is CCCCCCCCCCCCCCCCCCCC(=O)OC[C@H](COP(=O)(O)OC[C@@H](O)COP(=O)(O)OC[C@@H](COC(=O)CCCCCCCCCC)OC(=O)CCCCCCCCCCCCCCCC(C)C)OC(=O)CCCCCCCCCCCCCCCCC(C)C. The first-order chi connectivity index (χ1) is 47.4. The van der Waals surface area contributed by atoms with Gasteiger partial charge in [-0.05, 0) is 37.5 Å². The molecule has 0 aromatic heterocycles. The molecule has 98 heavy (non-hydrogen) atoms. The third-order valence-electron chi connectivity index (χ3n) is 18.5. The van der Waals surface area contributed by atoms with Crippen LogP contribution in [-0.2, 0) is 65.4 Å². The highest BCUT2D eigenvalue weighted by molar-refractivity contribution is 7.47. The monoisotopic (exact) mass is 1440 g/mol. The van der Waals surface area contributed by atoms with Crippen LogP contribution in [0.1, 0.15) is 414 Å². The molecule has 0 aliphatic rings. The van der Waals surface area contributed by atoms with Crippen LogP contribution >= 0.6 is 15.6 Å². The fourth-order valence-corrected chi connectivity index (χ4v) is 13.8. The molecular weight excluding hydrogens is 1280 g/mol. The molecule has 19 heteroatoms. The van der Waals surface area contributed by atoms with Gasteiger partial charge in [0.05, 0.1) is 26.4 Å². The van der Waals surface area contributed by atoms with Gasteiger partial charge in [-0.1, -0.05) is 363 Å². The van der Waals surface area contributed by atoms with Crippen molar-refractivity contribution in [3.8, 4) is 0 Å². The van der Waals surface area contributed by atoms with Crippen LogP contribution in [0.2, 0.25) is 0 Å². The van der Waals surface area contributed by atoms with E-state index in [0.717, 1.165) is 108 Å². The van der Waals surface area contributed by atoms with Crippen molar-refractivity contribution in [1.82, 2.24) is 0 Å². The third kappa shape index (κ3) is 72.4. The number of unbranched alkanes of at least 4 members (excludes halogenated alkanes) is 48. The predicted molar refractivity (Wildman–Crippen MR) is 400 cm³/mol. The number of carbonyl (C=O) groups excluding carboxylic acids is 4. The summed E-state index contributed by atoms with van der Waals surface area (Å²) in [5.74, 6) is -0.531. The molecule has 0 bridgehead atoms. The number of aliphatic hydroxyl groups excluding tert-OH is 1. The van der Waals surface area contributed by atoms with Crippen molar-refractivity contribution in [2.24, 2.45) is 11.8 Å². The normalized spacial score (nSPS) is 13.9. The second-order valence-electron chi connectivity index (χ2n) is 29.4. The van der Waals surface area contributed by atoms with Gasteiger partial charge in [-0.25, -0.2) is 9.13 Å². The Hall–Kier alpha value is -1.94. The molecule has 0 aromatic rings. The Morgan fingerprint density at radius 3 is 0.694 bits per heavy atom. The zero-order valence-corrected chi connectivity index (χ0v) is 65.9. The van der Waals surface area contributed by atoms with E-state index in [-0.39, 0.29) is 25.7 Å². The van der Waals surface area contributed by atoms with Crippen molar-refractivity contribution in [2.45, 2.75) is 432 Å². The van der Waals surface area contributed by atoms with Gasteiger partial charge in [-0.2, -0.15) is 0 Å². The van der Waals surface area contributed by atoms with Crippen LogP contribution in [0.15, 0.2) is 0 Å². The summed E-state index contributed by atoms with van der Waals surface area (Å²) in [4.78, 5) is 72.9. The van der Waals surface area contributed by atoms with Crippen molar-refractivity contribution >= 4 is 39.5 Å². The zero-order valence-electron chi connectivity index (χ0n) is 64.1. The Morgan fingerprint density at radius 2 is 0.469 bits per heavy atom. The number of ether oxygens (including phenoxy) is 4. The van der Waals surface area contributed by atoms with Gasteiger partial charge >= 0.3 is 39.5 Å². The van der Waals surface area contributed by atoms with E-state index in [0.29, 0.717) is 25.7 Å². The molecule has 582 valence electrons. The Balaban J connectivity index is 5.21. The van der Waals surface area contributed by atoms with Crippen LogP contribution in [0.3, 0.4) is 0 Å². The molecule has 0 aliphatic carbocycles. The van der Waals surface area contributed by atoms with Gasteiger partial charge in [0, 0.05) is 25.7 Å². The van der Waals surface area contributed by atoms with Crippen LogP contribution in [0, 0.1) is 11.8 Å². The van der Waals surface area contributed by atoms with Crippen molar-refractivity contribution in [3.63, 3.8) is 0 Å². The van der Waals surface area contributed by atoms with Crippen molar-refractivity contribution in [3.05, 3.63) is 0 Å². The quantitative estimate of drug-likeness (QED) is 0.0222. The molecule has 2 unspecified atom stereocenters. The smallest absolute Gasteiger partial charge is 0.462 e. The number of carbonyl (C=O) groups is 4. The highest BCUT2D eigenvalue weighted by atomic mass is 31.2. The third-order valence-corrected chi connectivity index (χ3v) is 20.4. The van der Waals surface area contributed by atoms with E-state index < -0.39 is 97.5 Å². The summed E-state index contributed by atoms with van der Waals surface area (Å²) in [5.41, 5.74) is 0. The van der Waals surface area contributed by atoms with Crippen LogP contribution in [-0.4, -0.2) is 96.7 Å². The van der Waals surface area contributed by atoms with E-state index in [1.54, 1.807) is 0 Å². The average Bonchev–Trinajstić information content (AvgIpc) is 1.11. The number of phosphoric ester groups is 2. The standard InChI is InChI=1S/C79H154O17P2/c1-7-9-11-13-15-17-18-19-20-21-22-28-33-38-44-50-56-62-77(82)90-68-75(96-79(84)63-57-51-45-39-34-29-24-23-26-31-36-41-47-53-59-71(3)4)70-94-98(87,88)92-66-73(80)65-91-97(85,86)93-69-74(67-89-76(81)61-55-49-43-16-14-12-10-8-2)95-78(83)64-58-52-46-40-35-30-25-27-32-37-42-48-54-60-72(5)6/h71-75,80H,7-70H2,1-6H3,(H,85,86)(H,87,88)/t73-,74+,75+/m0/s1. The van der Waals surface area contributed by atoms with Crippen LogP contribution < -0.4 is 0 Å². The number of hydrogen-bond donors (Lipinski definition) is 3. The van der Waals surface area contributed by atoms with Crippen molar-refractivity contribution in [1.29, 1.82) is 0 Å². The van der Waals surface area contributed by atoms with Gasteiger partial charge in [0.25, 0.3) is 0 Å². The predicted octanol–water partition coefficient (Wildman–Crippen LogP) is 23.5. The van der Waals surface area contributed by atoms with Gasteiger partial charge < -0.3 is 33.8 Å². The maximum Gasteiger partial charge on any atom is 0.472 e. The van der Waals surface area contributed by atoms with Gasteiger partial charge in [-0.15, -0.1) is 0 Å². The summed E-state index contributed by atoms with van der Waals surface area (Å²) in [6.45, 7) is 9.64. The highest BCUT2D eigenvalue weighted by Crippen LogP contribution is 2.45. The summed E-state index contributed by atoms with van der Waals surface area (Å²) in [7, 11) is -9.91. The first-order valence-electron chi connectivity index (χ1n) is 41.0. The summed E-state index contributed by atoms with van der Waals surface area (Å²) < 4.78 is 68.6. The number of hydrogen-bond acceptors (Lipinski definition) is 15. The molecule has 0 heterocycles. The average molecular weight is 1440 g/mol. The molecule has 0 aliphatic heterocycles. The first-order valence-corrected chi connectivity index (χ1v) is 44.0. The van der Waals surface area contributed by atoms with E-state index in [1.807, 2.05) is 0 Å². The minimum absolute atomic E-state index is 0.107. The van der Waals surface area contributed by atoms with E-state index in [2.05, 4.69) is 41.5 Å². The van der Waals surface area contributed by atoms with Crippen LogP contribution in [0.5, 0.6) is 0 Å². The minimum Gasteiger partial charge on any atom is -0.462 e. The number of phosphoric acid groups is 2. The number of aliphatic hydroxyl groups is 1. The molecule has 0 rings (SSSR count). The zero-order chi connectivity index (χ0) is 72.1. The fourth-order valence-electron chi connectivity index (χ4n) is 12.2. The molecule has 0 radical (unpaired) electrons. The lowest BCUT2D eigenvalue weighted by Crippen LogP contribution is -2.30. The molecule has 3 N–H and O–H groups in total. The summed E-state index contributed by atoms with van der Waals surface area (Å²) in [5, 5.41) is 10.6. The Kier molecular flexibility index (Phi) is 69.3. The number of rotatable bonds is 78. The van der Waals surface area contributed by atoms with Gasteiger partial charge in [0.1, 0.15) is 19.3 Å². The maximum absolute atomic E-state index is 13.1. The molecule has 0 fully saturated rings. The van der Waals surface area contributed by atoms with E-state index >= 15 is 0 Å². The van der Waals surface area contributed by atoms with E-state index in [4.69, 9.17) is 37.0 Å². The summed E-state index contributed by atoms with van der Waals surface area (Å²) >= 11 is 0. The topological polar surface area (TPSA) is 237 Å². The minimum atomic E-state index is -4.96. The number of esters is 4. The summed E-state index contributed by atoms with van der Waals surface area (Å²) in [6, 6.07) is 0. The van der Waals surface area contributed by atoms with Gasteiger partial charge in [0.2, 0.25) is 0 Å². The molecule has 0 aromatic carbocycles. The lowest BCUT2D eigenvalue weighted by atomic mass is 10.0.